The zero-order valence-electron chi connectivity index (χ0n) is 11.2. The molecule has 2 rings (SSSR count). The number of benzene rings is 2. The molecule has 0 aromatic heterocycles. The van der Waals surface area contributed by atoms with Crippen molar-refractivity contribution in [2.45, 2.75) is 13.3 Å². The number of ketones is 1. The molecule has 19 heavy (non-hydrogen) atoms. The lowest BCUT2D eigenvalue weighted by atomic mass is 10.1. The molecule has 0 fully saturated rings. The Hall–Kier alpha value is -2.34. The highest BCUT2D eigenvalue weighted by Gasteiger charge is 2.07. The smallest absolute Gasteiger partial charge is 0.166 e. The van der Waals surface area contributed by atoms with Crippen LogP contribution in [0.1, 0.15) is 12.0 Å². The Morgan fingerprint density at radius 1 is 1.21 bits per heavy atom. The second-order valence-corrected chi connectivity index (χ2v) is 4.76. The molecule has 0 aliphatic heterocycles. The Kier molecular flexibility index (Phi) is 3.82. The molecule has 0 heterocycles. The summed E-state index contributed by atoms with van der Waals surface area (Å²) in [7, 11) is 1.87. The van der Waals surface area contributed by atoms with E-state index in [9.17, 15) is 4.79 Å². The van der Waals surface area contributed by atoms with E-state index in [-0.39, 0.29) is 18.7 Å². The summed E-state index contributed by atoms with van der Waals surface area (Å²) in [5.74, 6) is -0.0611. The van der Waals surface area contributed by atoms with Gasteiger partial charge in [-0.15, -0.1) is 0 Å². The van der Waals surface area contributed by atoms with E-state index in [0.29, 0.717) is 0 Å². The van der Waals surface area contributed by atoms with Crippen LogP contribution in [0, 0.1) is 18.3 Å². The monoisotopic (exact) mass is 252 g/mol. The third kappa shape index (κ3) is 3.11. The molecule has 0 spiro atoms. The number of rotatable bonds is 4. The number of likely N-dealkylation sites (N-methyl/N-ethyl adjacent to an activating group) is 1. The summed E-state index contributed by atoms with van der Waals surface area (Å²) in [6, 6.07) is 14.3. The van der Waals surface area contributed by atoms with Gasteiger partial charge in [-0.25, -0.2) is 0 Å². The van der Waals surface area contributed by atoms with Crippen LogP contribution in [0.25, 0.3) is 10.8 Å². The maximum absolute atomic E-state index is 11.5. The minimum Gasteiger partial charge on any atom is -0.367 e. The molecule has 0 saturated carbocycles. The fourth-order valence-electron chi connectivity index (χ4n) is 2.09. The molecule has 0 radical (unpaired) electrons. The molecule has 0 saturated heterocycles. The third-order valence-corrected chi connectivity index (χ3v) is 3.11. The highest BCUT2D eigenvalue weighted by Crippen LogP contribution is 2.22. The highest BCUT2D eigenvalue weighted by molar-refractivity contribution is 5.88. The molecule has 0 amide bonds. The Morgan fingerprint density at radius 3 is 2.63 bits per heavy atom. The van der Waals surface area contributed by atoms with E-state index in [2.05, 4.69) is 37.3 Å². The van der Waals surface area contributed by atoms with E-state index in [0.717, 1.165) is 11.1 Å². The number of carbonyl (C=O) groups excluding carboxylic acids is 1. The van der Waals surface area contributed by atoms with E-state index >= 15 is 0 Å². The van der Waals surface area contributed by atoms with Gasteiger partial charge in [-0.05, 0) is 29.8 Å². The second kappa shape index (κ2) is 5.53. The maximum Gasteiger partial charge on any atom is 0.166 e. The number of carbonyl (C=O) groups is 1. The van der Waals surface area contributed by atoms with Crippen molar-refractivity contribution in [1.29, 1.82) is 5.26 Å². The van der Waals surface area contributed by atoms with Gasteiger partial charge in [0.05, 0.1) is 19.0 Å². The SMILES string of the molecule is Cc1ccc2cc(N(C)CC(=O)CC#N)ccc2c1. The lowest BCUT2D eigenvalue weighted by molar-refractivity contribution is -0.116. The first kappa shape index (κ1) is 13.1. The van der Waals surface area contributed by atoms with Gasteiger partial charge >= 0.3 is 0 Å². The van der Waals surface area contributed by atoms with Crippen molar-refractivity contribution >= 4 is 22.2 Å². The summed E-state index contributed by atoms with van der Waals surface area (Å²) in [4.78, 5) is 13.3. The molecule has 96 valence electrons. The molecule has 2 aromatic carbocycles. The number of anilines is 1. The third-order valence-electron chi connectivity index (χ3n) is 3.11. The summed E-state index contributed by atoms with van der Waals surface area (Å²) < 4.78 is 0. The van der Waals surface area contributed by atoms with Gasteiger partial charge < -0.3 is 4.90 Å². The minimum absolute atomic E-state index is 0.0306. The fourth-order valence-corrected chi connectivity index (χ4v) is 2.09. The van der Waals surface area contributed by atoms with Crippen molar-refractivity contribution in [2.24, 2.45) is 0 Å². The van der Waals surface area contributed by atoms with Gasteiger partial charge in [0, 0.05) is 12.7 Å². The number of nitrogens with zero attached hydrogens (tertiary/aromatic N) is 2. The number of nitriles is 1. The van der Waals surface area contributed by atoms with Crippen LogP contribution in [0.4, 0.5) is 5.69 Å². The van der Waals surface area contributed by atoms with Crippen molar-refractivity contribution < 1.29 is 4.79 Å². The lowest BCUT2D eigenvalue weighted by Gasteiger charge is -2.18. The van der Waals surface area contributed by atoms with Gasteiger partial charge in [0.15, 0.2) is 5.78 Å². The first-order valence-corrected chi connectivity index (χ1v) is 6.20. The van der Waals surface area contributed by atoms with Gasteiger partial charge in [-0.3, -0.25) is 4.79 Å². The average Bonchev–Trinajstić information content (AvgIpc) is 2.38. The fraction of sp³-hybridized carbons (Fsp3) is 0.250. The van der Waals surface area contributed by atoms with E-state index in [1.165, 1.54) is 10.9 Å². The topological polar surface area (TPSA) is 44.1 Å². The molecule has 2 aromatic rings. The molecule has 0 aliphatic carbocycles. The maximum atomic E-state index is 11.5. The molecule has 3 nitrogen and oxygen atoms in total. The molecular formula is C16H16N2O. The summed E-state index contributed by atoms with van der Waals surface area (Å²) in [5, 5.41) is 10.8. The quantitative estimate of drug-likeness (QED) is 0.840. The Labute approximate surface area is 113 Å². The van der Waals surface area contributed by atoms with Crippen LogP contribution in [0.15, 0.2) is 36.4 Å². The Bertz CT molecular complexity index is 655. The number of hydrogen-bond donors (Lipinski definition) is 0. The van der Waals surface area contributed by atoms with Crippen LogP contribution in [0.3, 0.4) is 0 Å². The van der Waals surface area contributed by atoms with Crippen LogP contribution in [-0.2, 0) is 4.79 Å². The van der Waals surface area contributed by atoms with Crippen LogP contribution < -0.4 is 4.90 Å². The highest BCUT2D eigenvalue weighted by atomic mass is 16.1. The molecule has 3 heteroatoms. The first-order chi connectivity index (χ1) is 9.10. The van der Waals surface area contributed by atoms with Crippen LogP contribution in [0.2, 0.25) is 0 Å². The molecular weight excluding hydrogens is 236 g/mol. The Morgan fingerprint density at radius 2 is 1.89 bits per heavy atom. The summed E-state index contributed by atoms with van der Waals surface area (Å²) in [6.45, 7) is 2.34. The Balaban J connectivity index is 2.23. The number of hydrogen-bond acceptors (Lipinski definition) is 3. The van der Waals surface area contributed by atoms with Crippen LogP contribution in [-0.4, -0.2) is 19.4 Å². The van der Waals surface area contributed by atoms with Crippen molar-refractivity contribution in [3.05, 3.63) is 42.0 Å². The summed E-state index contributed by atoms with van der Waals surface area (Å²) in [5.41, 5.74) is 2.22. The van der Waals surface area contributed by atoms with Crippen molar-refractivity contribution in [1.82, 2.24) is 0 Å². The zero-order chi connectivity index (χ0) is 13.8. The normalized spacial score (nSPS) is 10.2. The summed E-state index contributed by atoms with van der Waals surface area (Å²) in [6.07, 6.45) is -0.0306. The standard InChI is InChI=1S/C16H16N2O/c1-12-3-4-14-10-15(6-5-13(14)9-12)18(2)11-16(19)7-8-17/h3-6,9-10H,7,11H2,1-2H3. The van der Waals surface area contributed by atoms with Gasteiger partial charge in [-0.2, -0.15) is 5.26 Å². The van der Waals surface area contributed by atoms with Crippen molar-refractivity contribution in [2.75, 3.05) is 18.5 Å². The molecule has 0 atom stereocenters. The molecule has 0 unspecified atom stereocenters. The molecule has 0 N–H and O–H groups in total. The van der Waals surface area contributed by atoms with Gasteiger partial charge in [-0.1, -0.05) is 29.8 Å². The lowest BCUT2D eigenvalue weighted by Crippen LogP contribution is -2.25. The minimum atomic E-state index is -0.0611. The summed E-state index contributed by atoms with van der Waals surface area (Å²) >= 11 is 0. The zero-order valence-corrected chi connectivity index (χ0v) is 11.2. The van der Waals surface area contributed by atoms with Crippen LogP contribution >= 0.6 is 0 Å². The van der Waals surface area contributed by atoms with Crippen molar-refractivity contribution in [3.63, 3.8) is 0 Å². The first-order valence-electron chi connectivity index (χ1n) is 6.20. The average molecular weight is 252 g/mol. The van der Waals surface area contributed by atoms with E-state index < -0.39 is 0 Å². The van der Waals surface area contributed by atoms with E-state index in [1.54, 1.807) is 0 Å². The van der Waals surface area contributed by atoms with E-state index in [4.69, 9.17) is 5.26 Å². The van der Waals surface area contributed by atoms with Gasteiger partial charge in [0.25, 0.3) is 0 Å². The van der Waals surface area contributed by atoms with Gasteiger partial charge in [0.1, 0.15) is 0 Å². The number of Topliss-reactive ketones (excluding diaryl/α,β-unsaturated/α-hetero) is 1. The predicted molar refractivity (Wildman–Crippen MR) is 77.2 cm³/mol. The number of aryl methyl sites for hydroxylation is 1. The predicted octanol–water partition coefficient (Wildman–Crippen LogP) is 3.07. The van der Waals surface area contributed by atoms with E-state index in [1.807, 2.05) is 24.1 Å². The van der Waals surface area contributed by atoms with Gasteiger partial charge in [0.2, 0.25) is 0 Å². The molecule has 0 bridgehead atoms. The van der Waals surface area contributed by atoms with Crippen LogP contribution in [0.5, 0.6) is 0 Å². The number of fused-ring (bicyclic) bond motifs is 1. The van der Waals surface area contributed by atoms with Crippen molar-refractivity contribution in [3.8, 4) is 6.07 Å². The largest absolute Gasteiger partial charge is 0.367 e. The second-order valence-electron chi connectivity index (χ2n) is 4.76. The molecule has 0 aliphatic rings.